The second kappa shape index (κ2) is 9.53. The van der Waals surface area contributed by atoms with Gasteiger partial charge in [0.2, 0.25) is 0 Å². The van der Waals surface area contributed by atoms with E-state index in [0.29, 0.717) is 43.8 Å². The van der Waals surface area contributed by atoms with Crippen LogP contribution in [0.4, 0.5) is 5.69 Å². The van der Waals surface area contributed by atoms with Crippen LogP contribution in [-0.4, -0.2) is 37.3 Å². The van der Waals surface area contributed by atoms with Crippen molar-refractivity contribution in [3.8, 4) is 11.5 Å². The zero-order valence-electron chi connectivity index (χ0n) is 20.4. The molecule has 190 valence electrons. The highest BCUT2D eigenvalue weighted by Gasteiger charge is 2.36. The molecule has 0 unspecified atom stereocenters. The van der Waals surface area contributed by atoms with Crippen molar-refractivity contribution in [2.75, 3.05) is 26.1 Å². The molecule has 3 heterocycles. The third-order valence-corrected chi connectivity index (χ3v) is 7.47. The van der Waals surface area contributed by atoms with Gasteiger partial charge in [-0.2, -0.15) is 0 Å². The molecule has 0 saturated carbocycles. The summed E-state index contributed by atoms with van der Waals surface area (Å²) in [6, 6.07) is 9.19. The van der Waals surface area contributed by atoms with E-state index in [2.05, 4.69) is 10.3 Å². The smallest absolute Gasteiger partial charge is 0.338 e. The zero-order chi connectivity index (χ0) is 26.4. The second-order valence-electron chi connectivity index (χ2n) is 8.25. The molecule has 2 aliphatic rings. The lowest BCUT2D eigenvalue weighted by Gasteiger charge is -2.26. The number of hydrogen-bond acceptors (Lipinski definition) is 8. The summed E-state index contributed by atoms with van der Waals surface area (Å²) < 4.78 is 18.0. The molecular weight excluding hydrogens is 518 g/mol. The first-order valence-corrected chi connectivity index (χ1v) is 12.5. The molecule has 0 aliphatic carbocycles. The van der Waals surface area contributed by atoms with E-state index < -0.39 is 23.5 Å². The van der Waals surface area contributed by atoms with Gasteiger partial charge in [-0.15, -0.1) is 0 Å². The Balaban J connectivity index is 1.86. The van der Waals surface area contributed by atoms with Crippen molar-refractivity contribution in [2.24, 2.45) is 4.99 Å². The first-order valence-electron chi connectivity index (χ1n) is 11.3. The van der Waals surface area contributed by atoms with Crippen LogP contribution >= 0.6 is 22.9 Å². The standard InChI is InChI=1S/C26H22ClN3O6S/c1-5-36-25(33)19-12(2)28-26-30(21(19)16-11-14(34-3)7-9-18(16)35-4)24(32)22(37-26)20-15-10-13(27)6-8-17(15)29-23(20)31/h6-11,21H,5H2,1-4H3,(H,29,31)/b22-20-/t21-/m0/s1. The van der Waals surface area contributed by atoms with Crippen LogP contribution in [0.25, 0.3) is 5.57 Å². The fraction of sp³-hybridized carbons (Fsp3) is 0.231. The molecule has 0 spiro atoms. The molecule has 5 rings (SSSR count). The molecule has 2 aromatic carbocycles. The molecule has 37 heavy (non-hydrogen) atoms. The van der Waals surface area contributed by atoms with Crippen molar-refractivity contribution in [3.63, 3.8) is 0 Å². The summed E-state index contributed by atoms with van der Waals surface area (Å²) in [6.07, 6.45) is 0. The third-order valence-electron chi connectivity index (χ3n) is 6.18. The molecule has 0 saturated heterocycles. The van der Waals surface area contributed by atoms with Gasteiger partial charge in [0.1, 0.15) is 22.1 Å². The largest absolute Gasteiger partial charge is 0.497 e. The number of amides is 1. The topological polar surface area (TPSA) is 108 Å². The van der Waals surface area contributed by atoms with Gasteiger partial charge in [-0.3, -0.25) is 14.2 Å². The van der Waals surface area contributed by atoms with Crippen molar-refractivity contribution in [2.45, 2.75) is 19.9 Å². The van der Waals surface area contributed by atoms with Crippen molar-refractivity contribution in [1.82, 2.24) is 4.57 Å². The summed E-state index contributed by atoms with van der Waals surface area (Å²) in [4.78, 5) is 45.1. The predicted octanol–water partition coefficient (Wildman–Crippen LogP) is 2.79. The van der Waals surface area contributed by atoms with Gasteiger partial charge >= 0.3 is 5.97 Å². The highest BCUT2D eigenvalue weighted by atomic mass is 35.5. The fourth-order valence-corrected chi connectivity index (χ4v) is 5.87. The van der Waals surface area contributed by atoms with E-state index >= 15 is 0 Å². The number of nitrogens with one attached hydrogen (secondary N) is 1. The number of esters is 1. The molecular formula is C26H22ClN3O6S. The Morgan fingerprint density at radius 1 is 1.16 bits per heavy atom. The Morgan fingerprint density at radius 2 is 1.95 bits per heavy atom. The number of anilines is 1. The Labute approximate surface area is 220 Å². The van der Waals surface area contributed by atoms with E-state index in [9.17, 15) is 14.4 Å². The first-order chi connectivity index (χ1) is 17.8. The lowest BCUT2D eigenvalue weighted by Crippen LogP contribution is -2.40. The average molecular weight is 540 g/mol. The first kappa shape index (κ1) is 24.8. The summed E-state index contributed by atoms with van der Waals surface area (Å²) in [5.41, 5.74) is 1.91. The van der Waals surface area contributed by atoms with Crippen LogP contribution < -0.4 is 29.7 Å². The van der Waals surface area contributed by atoms with E-state index in [0.717, 1.165) is 11.3 Å². The number of benzene rings is 2. The van der Waals surface area contributed by atoms with Gasteiger partial charge in [0, 0.05) is 21.8 Å². The van der Waals surface area contributed by atoms with Crippen LogP contribution in [-0.2, 0) is 14.3 Å². The van der Waals surface area contributed by atoms with Gasteiger partial charge in [-0.1, -0.05) is 22.9 Å². The number of carbonyl (C=O) groups is 2. The van der Waals surface area contributed by atoms with Crippen LogP contribution in [0.15, 0.2) is 57.5 Å². The number of thiazole rings is 1. The van der Waals surface area contributed by atoms with Crippen molar-refractivity contribution >= 4 is 46.1 Å². The van der Waals surface area contributed by atoms with E-state index in [1.54, 1.807) is 50.2 Å². The molecule has 1 N–H and O–H groups in total. The summed E-state index contributed by atoms with van der Waals surface area (Å²) in [6.45, 7) is 3.53. The van der Waals surface area contributed by atoms with Crippen molar-refractivity contribution < 1.29 is 23.8 Å². The zero-order valence-corrected chi connectivity index (χ0v) is 22.0. The Bertz CT molecular complexity index is 1690. The highest BCUT2D eigenvalue weighted by Crippen LogP contribution is 2.38. The maximum atomic E-state index is 14.0. The second-order valence-corrected chi connectivity index (χ2v) is 9.66. The predicted molar refractivity (Wildman–Crippen MR) is 139 cm³/mol. The monoisotopic (exact) mass is 539 g/mol. The van der Waals surface area contributed by atoms with Gasteiger partial charge < -0.3 is 19.5 Å². The molecule has 3 aromatic rings. The molecule has 1 aromatic heterocycles. The minimum Gasteiger partial charge on any atom is -0.497 e. The van der Waals surface area contributed by atoms with Crippen LogP contribution in [0, 0.1) is 0 Å². The number of allylic oxidation sites excluding steroid dienone is 1. The molecule has 9 nitrogen and oxygen atoms in total. The molecule has 1 atom stereocenters. The summed E-state index contributed by atoms with van der Waals surface area (Å²) in [7, 11) is 3.02. The maximum absolute atomic E-state index is 14.0. The highest BCUT2D eigenvalue weighted by molar-refractivity contribution is 7.07. The molecule has 2 aliphatic heterocycles. The van der Waals surface area contributed by atoms with Gasteiger partial charge in [0.25, 0.3) is 11.5 Å². The normalized spacial score (nSPS) is 17.5. The van der Waals surface area contributed by atoms with Gasteiger partial charge in [-0.25, -0.2) is 9.79 Å². The molecule has 0 radical (unpaired) electrons. The van der Waals surface area contributed by atoms with Crippen LogP contribution in [0.2, 0.25) is 5.02 Å². The van der Waals surface area contributed by atoms with Gasteiger partial charge in [0.15, 0.2) is 4.80 Å². The van der Waals surface area contributed by atoms with Crippen molar-refractivity contribution in [1.29, 1.82) is 0 Å². The number of halogens is 1. The minimum absolute atomic E-state index is 0.143. The number of methoxy groups -OCH3 is 2. The van der Waals surface area contributed by atoms with E-state index in [1.165, 1.54) is 18.8 Å². The SMILES string of the molecule is CCOC(=O)C1=C(C)N=c2s/c(=C3\C(=O)Nc4ccc(Cl)cc43)c(=O)n2[C@H]1c1cc(OC)ccc1OC. The maximum Gasteiger partial charge on any atom is 0.338 e. The summed E-state index contributed by atoms with van der Waals surface area (Å²) in [5.74, 6) is -0.0692. The van der Waals surface area contributed by atoms with Crippen LogP contribution in [0.5, 0.6) is 11.5 Å². The molecule has 0 bridgehead atoms. The Morgan fingerprint density at radius 3 is 2.65 bits per heavy atom. The Kier molecular flexibility index (Phi) is 6.38. The quantitative estimate of drug-likeness (QED) is 0.500. The number of carbonyl (C=O) groups excluding carboxylic acids is 2. The molecule has 0 fully saturated rings. The van der Waals surface area contributed by atoms with Gasteiger partial charge in [0.05, 0.1) is 37.7 Å². The van der Waals surface area contributed by atoms with Crippen LogP contribution in [0.1, 0.15) is 31.0 Å². The number of ether oxygens (including phenoxy) is 3. The minimum atomic E-state index is -0.932. The number of fused-ring (bicyclic) bond motifs is 2. The van der Waals surface area contributed by atoms with E-state index in [4.69, 9.17) is 25.8 Å². The van der Waals surface area contributed by atoms with Gasteiger partial charge in [-0.05, 0) is 50.2 Å². The molecule has 1 amide bonds. The van der Waals surface area contributed by atoms with Crippen LogP contribution in [0.3, 0.4) is 0 Å². The average Bonchev–Trinajstić information content (AvgIpc) is 3.37. The summed E-state index contributed by atoms with van der Waals surface area (Å²) in [5, 5.41) is 3.21. The number of rotatable bonds is 5. The lowest BCUT2D eigenvalue weighted by molar-refractivity contribution is -0.139. The lowest BCUT2D eigenvalue weighted by atomic mass is 9.94. The molecule has 11 heteroatoms. The van der Waals surface area contributed by atoms with E-state index in [1.807, 2.05) is 0 Å². The van der Waals surface area contributed by atoms with Crippen molar-refractivity contribution in [3.05, 3.63) is 83.5 Å². The van der Waals surface area contributed by atoms with E-state index in [-0.39, 0.29) is 22.3 Å². The number of nitrogens with zero attached hydrogens (tertiary/aromatic N) is 2. The number of aromatic nitrogens is 1. The number of hydrogen-bond donors (Lipinski definition) is 1. The summed E-state index contributed by atoms with van der Waals surface area (Å²) >= 11 is 7.27. The third kappa shape index (κ3) is 4.02. The Hall–Kier alpha value is -3.89. The fourth-order valence-electron chi connectivity index (χ4n) is 4.55.